The molecule has 0 saturated carbocycles. The summed E-state index contributed by atoms with van der Waals surface area (Å²) in [5.74, 6) is 0. The molecule has 0 heteroatoms. The molecule has 0 radical (unpaired) electrons. The Kier molecular flexibility index (Phi) is 4.62. The van der Waals surface area contributed by atoms with Crippen molar-refractivity contribution in [3.63, 3.8) is 0 Å². The van der Waals surface area contributed by atoms with Crippen LogP contribution in [0.15, 0.2) is 146 Å². The minimum absolute atomic E-state index is 1.25. The van der Waals surface area contributed by atoms with Crippen LogP contribution in [0.4, 0.5) is 0 Å². The molecule has 0 nitrogen and oxygen atoms in total. The Morgan fingerprint density at radius 2 is 0.868 bits per heavy atom. The van der Waals surface area contributed by atoms with Gasteiger partial charge in [-0.05, 0) is 94.7 Å². The molecule has 0 amide bonds. The molecular weight excluding hydrogens is 456 g/mol. The molecule has 0 N–H and O–H groups in total. The first-order valence-electron chi connectivity index (χ1n) is 13.2. The van der Waals surface area contributed by atoms with Gasteiger partial charge in [0.25, 0.3) is 0 Å². The maximum Gasteiger partial charge on any atom is -0.00141 e. The molecule has 0 spiro atoms. The molecule has 8 aromatic carbocycles. The van der Waals surface area contributed by atoms with Gasteiger partial charge >= 0.3 is 0 Å². The van der Waals surface area contributed by atoms with E-state index in [2.05, 4.69) is 146 Å². The van der Waals surface area contributed by atoms with Gasteiger partial charge in [-0.25, -0.2) is 0 Å². The summed E-state index contributed by atoms with van der Waals surface area (Å²) in [6.07, 6.45) is 0. The van der Waals surface area contributed by atoms with Gasteiger partial charge in [0.05, 0.1) is 0 Å². The lowest BCUT2D eigenvalue weighted by molar-refractivity contribution is 1.65. The summed E-state index contributed by atoms with van der Waals surface area (Å²) in [6, 6.07) is 53.3. The summed E-state index contributed by atoms with van der Waals surface area (Å²) >= 11 is 0. The second kappa shape index (κ2) is 8.30. The van der Waals surface area contributed by atoms with E-state index in [0.29, 0.717) is 0 Å². The topological polar surface area (TPSA) is 0 Å². The van der Waals surface area contributed by atoms with Crippen molar-refractivity contribution in [1.82, 2.24) is 0 Å². The van der Waals surface area contributed by atoms with Crippen LogP contribution >= 0.6 is 0 Å². The monoisotopic (exact) mass is 480 g/mol. The van der Waals surface area contributed by atoms with Crippen LogP contribution in [-0.4, -0.2) is 0 Å². The van der Waals surface area contributed by atoms with Gasteiger partial charge in [0, 0.05) is 0 Å². The second-order valence-electron chi connectivity index (χ2n) is 10.1. The van der Waals surface area contributed by atoms with Crippen LogP contribution in [0.2, 0.25) is 0 Å². The largest absolute Gasteiger partial charge is 0.0622 e. The van der Waals surface area contributed by atoms with Crippen LogP contribution in [0.5, 0.6) is 0 Å². The first kappa shape index (κ1) is 21.2. The van der Waals surface area contributed by atoms with Gasteiger partial charge in [0.1, 0.15) is 0 Å². The lowest BCUT2D eigenvalue weighted by atomic mass is 9.83. The molecule has 0 aliphatic carbocycles. The Bertz CT molecular complexity index is 2100. The molecule has 0 bridgehead atoms. The Morgan fingerprint density at radius 3 is 1.61 bits per heavy atom. The summed E-state index contributed by atoms with van der Waals surface area (Å²) in [6.45, 7) is 0. The average Bonchev–Trinajstić information content (AvgIpc) is 3.00. The van der Waals surface area contributed by atoms with Crippen molar-refractivity contribution >= 4 is 43.1 Å². The van der Waals surface area contributed by atoms with E-state index < -0.39 is 0 Å². The summed E-state index contributed by atoms with van der Waals surface area (Å²) in [5.41, 5.74) is 7.60. The van der Waals surface area contributed by atoms with Gasteiger partial charge in [-0.15, -0.1) is 0 Å². The first-order chi connectivity index (χ1) is 18.8. The molecule has 0 saturated heterocycles. The maximum absolute atomic E-state index is 2.43. The lowest BCUT2D eigenvalue weighted by Crippen LogP contribution is -1.92. The van der Waals surface area contributed by atoms with Crippen molar-refractivity contribution in [3.8, 4) is 33.4 Å². The molecule has 0 aliphatic heterocycles. The van der Waals surface area contributed by atoms with Crippen LogP contribution in [0.25, 0.3) is 76.5 Å². The van der Waals surface area contributed by atoms with E-state index in [0.717, 1.165) is 0 Å². The van der Waals surface area contributed by atoms with E-state index in [1.807, 2.05) is 0 Å². The van der Waals surface area contributed by atoms with Crippen molar-refractivity contribution < 1.29 is 0 Å². The van der Waals surface area contributed by atoms with E-state index >= 15 is 0 Å². The van der Waals surface area contributed by atoms with Crippen molar-refractivity contribution in [3.05, 3.63) is 146 Å². The Morgan fingerprint density at radius 1 is 0.263 bits per heavy atom. The summed E-state index contributed by atoms with van der Waals surface area (Å²) < 4.78 is 0. The smallest absolute Gasteiger partial charge is 0.00141 e. The normalized spacial score (nSPS) is 11.7. The highest BCUT2D eigenvalue weighted by Gasteiger charge is 2.18. The quantitative estimate of drug-likeness (QED) is 0.221. The van der Waals surface area contributed by atoms with E-state index in [4.69, 9.17) is 0 Å². The maximum atomic E-state index is 2.43. The standard InChI is InChI=1S/C38H24/c1-3-11-26(12-4-1)31-21-20-30-23-34(27-13-5-2-6-14-27)32-16-9-17-33-35(24-36(31)37(30)38(32)33)29-19-18-25-10-7-8-15-28(25)22-29/h1-24H. The predicted molar refractivity (Wildman–Crippen MR) is 164 cm³/mol. The van der Waals surface area contributed by atoms with Crippen LogP contribution in [0.3, 0.4) is 0 Å². The van der Waals surface area contributed by atoms with Gasteiger partial charge in [0.15, 0.2) is 0 Å². The fraction of sp³-hybridized carbons (Fsp3) is 0. The van der Waals surface area contributed by atoms with Crippen LogP contribution in [0, 0.1) is 0 Å². The van der Waals surface area contributed by atoms with Crippen LogP contribution < -0.4 is 0 Å². The fourth-order valence-corrected chi connectivity index (χ4v) is 6.23. The van der Waals surface area contributed by atoms with Crippen LogP contribution in [-0.2, 0) is 0 Å². The number of hydrogen-bond acceptors (Lipinski definition) is 0. The van der Waals surface area contributed by atoms with Gasteiger partial charge in [0.2, 0.25) is 0 Å². The molecular formula is C38H24. The number of hydrogen-bond donors (Lipinski definition) is 0. The SMILES string of the molecule is c1ccc(-c2ccc3cc(-c4ccccc4)c4cccc5c(-c6ccc7ccccc7c6)cc2c3c45)cc1. The average molecular weight is 481 g/mol. The molecule has 38 heavy (non-hydrogen) atoms. The highest BCUT2D eigenvalue weighted by Crippen LogP contribution is 2.46. The zero-order valence-electron chi connectivity index (χ0n) is 20.9. The van der Waals surface area contributed by atoms with Gasteiger partial charge < -0.3 is 0 Å². The number of benzene rings is 8. The molecule has 8 rings (SSSR count). The zero-order chi connectivity index (χ0) is 25.1. The van der Waals surface area contributed by atoms with E-state index in [1.54, 1.807) is 0 Å². The Labute approximate surface area is 221 Å². The molecule has 176 valence electrons. The lowest BCUT2D eigenvalue weighted by Gasteiger charge is -2.20. The summed E-state index contributed by atoms with van der Waals surface area (Å²) in [5, 5.41) is 10.4. The zero-order valence-corrected chi connectivity index (χ0v) is 20.9. The van der Waals surface area contributed by atoms with Crippen molar-refractivity contribution in [2.45, 2.75) is 0 Å². The second-order valence-corrected chi connectivity index (χ2v) is 10.1. The third kappa shape index (κ3) is 3.17. The van der Waals surface area contributed by atoms with E-state index in [9.17, 15) is 0 Å². The summed E-state index contributed by atoms with van der Waals surface area (Å²) in [7, 11) is 0. The minimum atomic E-state index is 1.25. The number of rotatable bonds is 3. The van der Waals surface area contributed by atoms with Gasteiger partial charge in [-0.1, -0.05) is 127 Å². The van der Waals surface area contributed by atoms with Crippen molar-refractivity contribution in [2.24, 2.45) is 0 Å². The van der Waals surface area contributed by atoms with Gasteiger partial charge in [-0.3, -0.25) is 0 Å². The van der Waals surface area contributed by atoms with Gasteiger partial charge in [-0.2, -0.15) is 0 Å². The Hall–Kier alpha value is -4.94. The third-order valence-electron chi connectivity index (χ3n) is 7.99. The first-order valence-corrected chi connectivity index (χ1v) is 13.2. The molecule has 8 aromatic rings. The summed E-state index contributed by atoms with van der Waals surface area (Å²) in [4.78, 5) is 0. The fourth-order valence-electron chi connectivity index (χ4n) is 6.23. The number of fused-ring (bicyclic) bond motifs is 1. The molecule has 0 aliphatic rings. The highest BCUT2D eigenvalue weighted by molar-refractivity contribution is 6.31. The van der Waals surface area contributed by atoms with E-state index in [-0.39, 0.29) is 0 Å². The van der Waals surface area contributed by atoms with E-state index in [1.165, 1.54) is 76.5 Å². The molecule has 0 aromatic heterocycles. The highest BCUT2D eigenvalue weighted by atomic mass is 14.2. The molecule has 0 fully saturated rings. The molecule has 0 atom stereocenters. The van der Waals surface area contributed by atoms with Crippen LogP contribution in [0.1, 0.15) is 0 Å². The Balaban J connectivity index is 1.55. The predicted octanol–water partition coefficient (Wildman–Crippen LogP) is 10.7. The van der Waals surface area contributed by atoms with Crippen molar-refractivity contribution in [2.75, 3.05) is 0 Å². The molecule has 0 unspecified atom stereocenters. The van der Waals surface area contributed by atoms with Crippen molar-refractivity contribution in [1.29, 1.82) is 0 Å². The molecule has 0 heterocycles. The third-order valence-corrected chi connectivity index (χ3v) is 7.99. The minimum Gasteiger partial charge on any atom is -0.0622 e.